The Labute approximate surface area is 124 Å². The second-order valence-corrected chi connectivity index (χ2v) is 4.91. The van der Waals surface area contributed by atoms with Gasteiger partial charge in [0.2, 0.25) is 0 Å². The van der Waals surface area contributed by atoms with Gasteiger partial charge in [0.25, 0.3) is 0 Å². The van der Waals surface area contributed by atoms with Crippen molar-refractivity contribution >= 4 is 11.7 Å². The van der Waals surface area contributed by atoms with Crippen LogP contribution in [0.1, 0.15) is 17.3 Å². The van der Waals surface area contributed by atoms with Gasteiger partial charge in [-0.2, -0.15) is 0 Å². The van der Waals surface area contributed by atoms with Crippen molar-refractivity contribution in [3.8, 4) is 5.75 Å². The molecule has 0 saturated carbocycles. The Hall–Kier alpha value is -1.79. The molecule has 21 heavy (non-hydrogen) atoms. The van der Waals surface area contributed by atoms with Crippen LogP contribution in [0.4, 0.5) is 5.69 Å². The van der Waals surface area contributed by atoms with Crippen molar-refractivity contribution < 1.29 is 19.0 Å². The smallest absolute Gasteiger partial charge is 0.340 e. The van der Waals surface area contributed by atoms with Gasteiger partial charge < -0.3 is 19.9 Å². The van der Waals surface area contributed by atoms with Crippen LogP contribution < -0.4 is 10.5 Å². The van der Waals surface area contributed by atoms with Crippen molar-refractivity contribution in [1.82, 2.24) is 4.90 Å². The largest absolute Gasteiger partial charge is 0.495 e. The van der Waals surface area contributed by atoms with Crippen LogP contribution in [0, 0.1) is 0 Å². The first-order valence-corrected chi connectivity index (χ1v) is 7.09. The maximum absolute atomic E-state index is 12.1. The fourth-order valence-electron chi connectivity index (χ4n) is 2.31. The summed E-state index contributed by atoms with van der Waals surface area (Å²) in [6, 6.07) is 5.04. The number of nitrogens with two attached hydrogens (primary N) is 1. The van der Waals surface area contributed by atoms with Gasteiger partial charge in [-0.15, -0.1) is 0 Å². The number of nitrogens with zero attached hydrogens (tertiary/aromatic N) is 1. The van der Waals surface area contributed by atoms with Crippen molar-refractivity contribution in [1.29, 1.82) is 0 Å². The van der Waals surface area contributed by atoms with Crippen LogP contribution in [0.3, 0.4) is 0 Å². The number of nitrogen functional groups attached to an aromatic ring is 1. The standard InChI is InChI=1S/C15H22N2O4/c1-3-17-7-8-20-11(9-17)10-21-15(18)12-5-4-6-13(19-2)14(12)16/h4-6,11H,3,7-10,16H2,1-2H3. The molecule has 1 unspecified atom stereocenters. The molecule has 0 spiro atoms. The number of esters is 1. The molecule has 0 radical (unpaired) electrons. The molecule has 6 nitrogen and oxygen atoms in total. The summed E-state index contributed by atoms with van der Waals surface area (Å²) in [7, 11) is 1.51. The molecule has 0 amide bonds. The fraction of sp³-hybridized carbons (Fsp3) is 0.533. The normalized spacial score (nSPS) is 19.2. The molecule has 1 aromatic rings. The fourth-order valence-corrected chi connectivity index (χ4v) is 2.31. The zero-order valence-electron chi connectivity index (χ0n) is 12.5. The summed E-state index contributed by atoms with van der Waals surface area (Å²) in [5, 5.41) is 0. The molecule has 1 saturated heterocycles. The van der Waals surface area contributed by atoms with E-state index in [4.69, 9.17) is 19.9 Å². The molecule has 2 N–H and O–H groups in total. The zero-order chi connectivity index (χ0) is 15.2. The highest BCUT2D eigenvalue weighted by molar-refractivity contribution is 5.96. The molecule has 1 aliphatic rings. The summed E-state index contributed by atoms with van der Waals surface area (Å²) in [5.41, 5.74) is 6.49. The lowest BCUT2D eigenvalue weighted by Crippen LogP contribution is -2.44. The number of hydrogen-bond donors (Lipinski definition) is 1. The maximum Gasteiger partial charge on any atom is 0.340 e. The predicted molar refractivity (Wildman–Crippen MR) is 79.5 cm³/mol. The van der Waals surface area contributed by atoms with Gasteiger partial charge in [0.15, 0.2) is 0 Å². The number of likely N-dealkylation sites (N-methyl/N-ethyl adjacent to an activating group) is 1. The number of morpholine rings is 1. The summed E-state index contributed by atoms with van der Waals surface area (Å²) in [6.45, 7) is 5.66. The summed E-state index contributed by atoms with van der Waals surface area (Å²) >= 11 is 0. The molecule has 1 heterocycles. The molecule has 0 aromatic heterocycles. The van der Waals surface area contributed by atoms with Crippen molar-refractivity contribution in [2.24, 2.45) is 0 Å². The third-order valence-corrected chi connectivity index (χ3v) is 3.58. The number of anilines is 1. The van der Waals surface area contributed by atoms with Crippen LogP contribution in [0.2, 0.25) is 0 Å². The molecular weight excluding hydrogens is 272 g/mol. The van der Waals surface area contributed by atoms with Gasteiger partial charge in [0, 0.05) is 13.1 Å². The highest BCUT2D eigenvalue weighted by Gasteiger charge is 2.22. The lowest BCUT2D eigenvalue weighted by molar-refractivity contribution is -0.0578. The van der Waals surface area contributed by atoms with Crippen molar-refractivity contribution in [2.45, 2.75) is 13.0 Å². The van der Waals surface area contributed by atoms with Gasteiger partial charge in [0.05, 0.1) is 25.0 Å². The van der Waals surface area contributed by atoms with Crippen LogP contribution in [0.5, 0.6) is 5.75 Å². The van der Waals surface area contributed by atoms with Crippen LogP contribution in [-0.4, -0.2) is 56.9 Å². The predicted octanol–water partition coefficient (Wildman–Crippen LogP) is 1.15. The van der Waals surface area contributed by atoms with E-state index in [9.17, 15) is 4.79 Å². The Morgan fingerprint density at radius 1 is 1.52 bits per heavy atom. The monoisotopic (exact) mass is 294 g/mol. The molecule has 1 atom stereocenters. The second-order valence-electron chi connectivity index (χ2n) is 4.91. The third-order valence-electron chi connectivity index (χ3n) is 3.58. The van der Waals surface area contributed by atoms with Crippen molar-refractivity contribution in [3.05, 3.63) is 23.8 Å². The summed E-state index contributed by atoms with van der Waals surface area (Å²) < 4.78 is 16.0. The van der Waals surface area contributed by atoms with E-state index in [0.717, 1.165) is 19.6 Å². The average Bonchev–Trinajstić information content (AvgIpc) is 2.53. The van der Waals surface area contributed by atoms with E-state index in [1.54, 1.807) is 18.2 Å². The van der Waals surface area contributed by atoms with E-state index >= 15 is 0 Å². The van der Waals surface area contributed by atoms with E-state index in [1.165, 1.54) is 7.11 Å². The van der Waals surface area contributed by atoms with E-state index in [-0.39, 0.29) is 12.7 Å². The maximum atomic E-state index is 12.1. The molecular formula is C15H22N2O4. The number of hydrogen-bond acceptors (Lipinski definition) is 6. The molecule has 0 bridgehead atoms. The lowest BCUT2D eigenvalue weighted by atomic mass is 10.1. The summed E-state index contributed by atoms with van der Waals surface area (Å²) in [5.74, 6) is 0.0131. The Morgan fingerprint density at radius 2 is 2.33 bits per heavy atom. The first-order valence-electron chi connectivity index (χ1n) is 7.09. The van der Waals surface area contributed by atoms with E-state index in [2.05, 4.69) is 11.8 Å². The van der Waals surface area contributed by atoms with E-state index in [0.29, 0.717) is 23.6 Å². The van der Waals surface area contributed by atoms with Crippen LogP contribution >= 0.6 is 0 Å². The quantitative estimate of drug-likeness (QED) is 0.649. The van der Waals surface area contributed by atoms with Gasteiger partial charge in [-0.3, -0.25) is 4.90 Å². The van der Waals surface area contributed by atoms with Crippen molar-refractivity contribution in [3.63, 3.8) is 0 Å². The molecule has 1 aliphatic heterocycles. The molecule has 6 heteroatoms. The molecule has 116 valence electrons. The van der Waals surface area contributed by atoms with Crippen molar-refractivity contribution in [2.75, 3.05) is 45.7 Å². The summed E-state index contributed by atoms with van der Waals surface area (Å²) in [6.07, 6.45) is -0.0884. The molecule has 1 aromatic carbocycles. The molecule has 1 fully saturated rings. The highest BCUT2D eigenvalue weighted by atomic mass is 16.6. The van der Waals surface area contributed by atoms with Gasteiger partial charge in [-0.25, -0.2) is 4.79 Å². The SMILES string of the molecule is CCN1CCOC(COC(=O)c2cccc(OC)c2N)C1. The molecule has 2 rings (SSSR count). The Morgan fingerprint density at radius 3 is 3.05 bits per heavy atom. The topological polar surface area (TPSA) is 74.0 Å². The number of rotatable bonds is 5. The van der Waals surface area contributed by atoms with E-state index in [1.807, 2.05) is 0 Å². The number of para-hydroxylation sites is 1. The highest BCUT2D eigenvalue weighted by Crippen LogP contribution is 2.25. The Bertz CT molecular complexity index is 493. The summed E-state index contributed by atoms with van der Waals surface area (Å²) in [4.78, 5) is 14.4. The number of methoxy groups -OCH3 is 1. The Kier molecular flexibility index (Phi) is 5.41. The minimum Gasteiger partial charge on any atom is -0.495 e. The first-order chi connectivity index (χ1) is 10.2. The van der Waals surface area contributed by atoms with Gasteiger partial charge >= 0.3 is 5.97 Å². The average molecular weight is 294 g/mol. The minimum atomic E-state index is -0.455. The van der Waals surface area contributed by atoms with Crippen LogP contribution in [0.25, 0.3) is 0 Å². The van der Waals surface area contributed by atoms with Crippen LogP contribution in [0.15, 0.2) is 18.2 Å². The molecule has 0 aliphatic carbocycles. The third kappa shape index (κ3) is 3.86. The number of benzene rings is 1. The number of ether oxygens (including phenoxy) is 3. The van der Waals surface area contributed by atoms with Gasteiger partial charge in [-0.1, -0.05) is 13.0 Å². The zero-order valence-corrected chi connectivity index (χ0v) is 12.5. The van der Waals surface area contributed by atoms with E-state index < -0.39 is 5.97 Å². The second kappa shape index (κ2) is 7.28. The Balaban J connectivity index is 1.93. The lowest BCUT2D eigenvalue weighted by Gasteiger charge is -2.31. The number of carbonyl (C=O) groups is 1. The number of carbonyl (C=O) groups excluding carboxylic acids is 1. The first kappa shape index (κ1) is 15.6. The minimum absolute atomic E-state index is 0.0884. The van der Waals surface area contributed by atoms with Gasteiger partial charge in [-0.05, 0) is 18.7 Å². The van der Waals surface area contributed by atoms with Crippen LogP contribution in [-0.2, 0) is 9.47 Å². The van der Waals surface area contributed by atoms with Gasteiger partial charge in [0.1, 0.15) is 18.5 Å².